The molecule has 3 N–H and O–H groups in total. The highest BCUT2D eigenvalue weighted by Gasteiger charge is 2.28. The molecule has 1 fully saturated rings. The maximum atomic E-state index is 6.14. The third kappa shape index (κ3) is 2.58. The number of methoxy groups -OCH3 is 1. The van der Waals surface area contributed by atoms with Crippen molar-refractivity contribution in [1.29, 1.82) is 0 Å². The predicted molar refractivity (Wildman–Crippen MR) is 82.4 cm³/mol. The maximum Gasteiger partial charge on any atom is 0.245 e. The summed E-state index contributed by atoms with van der Waals surface area (Å²) in [5, 5.41) is 7.36. The number of ether oxygens (including phenoxy) is 1. The number of nitrogens with zero attached hydrogens (tertiary/aromatic N) is 3. The van der Waals surface area contributed by atoms with Crippen LogP contribution < -0.4 is 15.4 Å². The van der Waals surface area contributed by atoms with Gasteiger partial charge in [0.15, 0.2) is 5.82 Å². The van der Waals surface area contributed by atoms with Crippen LogP contribution >= 0.6 is 0 Å². The summed E-state index contributed by atoms with van der Waals surface area (Å²) in [6, 6.07) is 8.20. The summed E-state index contributed by atoms with van der Waals surface area (Å²) in [5.41, 5.74) is 7.05. The van der Waals surface area contributed by atoms with Crippen molar-refractivity contribution in [2.75, 3.05) is 18.6 Å². The highest BCUT2D eigenvalue weighted by molar-refractivity contribution is 5.64. The molecule has 1 saturated heterocycles. The number of hydrogen-bond donors (Lipinski definition) is 2. The lowest BCUT2D eigenvalue weighted by atomic mass is 9.99. The van der Waals surface area contributed by atoms with Crippen LogP contribution in [0.15, 0.2) is 24.3 Å². The second-order valence-electron chi connectivity index (χ2n) is 5.42. The molecule has 1 aliphatic heterocycles. The number of aromatic amines is 1. The molecular formula is C15H21N5O. The summed E-state index contributed by atoms with van der Waals surface area (Å²) in [6.07, 6.45) is 2.13. The Hall–Kier alpha value is -2.08. The first-order valence-electron chi connectivity index (χ1n) is 7.28. The molecule has 2 unspecified atom stereocenters. The molecular weight excluding hydrogens is 266 g/mol. The standard InChI is InChI=1S/C15H21N5O/c1-10-12(16)7-5-9-20(10)15-17-14(18-19-15)11-6-3-4-8-13(11)21-2/h3-4,6,8,10,12H,5,7,9,16H2,1-2H3,(H,17,18,19). The van der Waals surface area contributed by atoms with Gasteiger partial charge in [0.2, 0.25) is 5.95 Å². The molecule has 1 aliphatic rings. The van der Waals surface area contributed by atoms with E-state index in [0.717, 1.165) is 30.7 Å². The summed E-state index contributed by atoms with van der Waals surface area (Å²) in [6.45, 7) is 3.07. The zero-order valence-electron chi connectivity index (χ0n) is 12.4. The number of piperidine rings is 1. The first-order valence-corrected chi connectivity index (χ1v) is 7.28. The van der Waals surface area contributed by atoms with Crippen molar-refractivity contribution >= 4 is 5.95 Å². The number of aromatic nitrogens is 3. The molecule has 1 aromatic carbocycles. The summed E-state index contributed by atoms with van der Waals surface area (Å²) < 4.78 is 5.37. The van der Waals surface area contributed by atoms with Gasteiger partial charge in [-0.15, -0.1) is 5.10 Å². The molecule has 0 amide bonds. The van der Waals surface area contributed by atoms with Gasteiger partial charge < -0.3 is 15.4 Å². The van der Waals surface area contributed by atoms with Crippen LogP contribution in [0.2, 0.25) is 0 Å². The Morgan fingerprint density at radius 2 is 2.19 bits per heavy atom. The van der Waals surface area contributed by atoms with E-state index >= 15 is 0 Å². The van der Waals surface area contributed by atoms with Crippen molar-refractivity contribution in [2.24, 2.45) is 5.73 Å². The molecule has 2 heterocycles. The zero-order chi connectivity index (χ0) is 14.8. The Morgan fingerprint density at radius 3 is 3.00 bits per heavy atom. The number of hydrogen-bond acceptors (Lipinski definition) is 5. The average Bonchev–Trinajstić information content (AvgIpc) is 2.99. The van der Waals surface area contributed by atoms with Gasteiger partial charge in [-0.25, -0.2) is 0 Å². The van der Waals surface area contributed by atoms with E-state index in [4.69, 9.17) is 10.5 Å². The molecule has 6 nitrogen and oxygen atoms in total. The quantitative estimate of drug-likeness (QED) is 0.899. The fourth-order valence-electron chi connectivity index (χ4n) is 2.80. The van der Waals surface area contributed by atoms with E-state index in [9.17, 15) is 0 Å². The van der Waals surface area contributed by atoms with E-state index in [-0.39, 0.29) is 12.1 Å². The largest absolute Gasteiger partial charge is 0.496 e. The monoisotopic (exact) mass is 287 g/mol. The van der Waals surface area contributed by atoms with Gasteiger partial charge in [-0.3, -0.25) is 5.10 Å². The number of para-hydroxylation sites is 1. The molecule has 2 atom stereocenters. The summed E-state index contributed by atoms with van der Waals surface area (Å²) in [5.74, 6) is 2.20. The minimum Gasteiger partial charge on any atom is -0.496 e. The summed E-state index contributed by atoms with van der Waals surface area (Å²) in [7, 11) is 1.65. The molecule has 2 aromatic rings. The van der Waals surface area contributed by atoms with Crippen molar-refractivity contribution in [1.82, 2.24) is 15.2 Å². The van der Waals surface area contributed by atoms with Crippen LogP contribution in [0, 0.1) is 0 Å². The summed E-state index contributed by atoms with van der Waals surface area (Å²) in [4.78, 5) is 6.79. The molecule has 1 aromatic heterocycles. The highest BCUT2D eigenvalue weighted by atomic mass is 16.5. The number of H-pyrrole nitrogens is 1. The third-order valence-corrected chi connectivity index (χ3v) is 4.14. The number of rotatable bonds is 3. The van der Waals surface area contributed by atoms with Gasteiger partial charge in [0.05, 0.1) is 12.7 Å². The fraction of sp³-hybridized carbons (Fsp3) is 0.467. The van der Waals surface area contributed by atoms with Gasteiger partial charge in [-0.2, -0.15) is 4.98 Å². The van der Waals surface area contributed by atoms with Gasteiger partial charge in [-0.1, -0.05) is 12.1 Å². The van der Waals surface area contributed by atoms with Crippen LogP contribution in [-0.4, -0.2) is 40.9 Å². The Morgan fingerprint density at radius 1 is 1.38 bits per heavy atom. The van der Waals surface area contributed by atoms with Crippen molar-refractivity contribution in [2.45, 2.75) is 31.8 Å². The Balaban J connectivity index is 1.89. The van der Waals surface area contributed by atoms with E-state index < -0.39 is 0 Å². The molecule has 0 aliphatic carbocycles. The van der Waals surface area contributed by atoms with Gasteiger partial charge in [0, 0.05) is 18.6 Å². The number of anilines is 1. The van der Waals surface area contributed by atoms with Gasteiger partial charge >= 0.3 is 0 Å². The first-order chi connectivity index (χ1) is 10.2. The van der Waals surface area contributed by atoms with Gasteiger partial charge in [-0.05, 0) is 31.9 Å². The summed E-state index contributed by atoms with van der Waals surface area (Å²) >= 11 is 0. The molecule has 6 heteroatoms. The third-order valence-electron chi connectivity index (χ3n) is 4.14. The molecule has 0 bridgehead atoms. The van der Waals surface area contributed by atoms with Crippen LogP contribution in [0.3, 0.4) is 0 Å². The number of nitrogens with one attached hydrogen (secondary N) is 1. The Labute approximate surface area is 124 Å². The van der Waals surface area contributed by atoms with Crippen molar-refractivity contribution < 1.29 is 4.74 Å². The normalized spacial score (nSPS) is 22.3. The predicted octanol–water partition coefficient (Wildman–Crippen LogP) is 1.80. The highest BCUT2D eigenvalue weighted by Crippen LogP contribution is 2.29. The molecule has 0 spiro atoms. The molecule has 21 heavy (non-hydrogen) atoms. The van der Waals surface area contributed by atoms with E-state index in [2.05, 4.69) is 27.0 Å². The zero-order valence-corrected chi connectivity index (χ0v) is 12.4. The molecule has 0 saturated carbocycles. The lowest BCUT2D eigenvalue weighted by Crippen LogP contribution is -2.50. The van der Waals surface area contributed by atoms with Crippen molar-refractivity contribution in [3.63, 3.8) is 0 Å². The van der Waals surface area contributed by atoms with E-state index in [1.165, 1.54) is 0 Å². The second-order valence-corrected chi connectivity index (χ2v) is 5.42. The SMILES string of the molecule is COc1ccccc1-c1nc(N2CCCC(N)C2C)n[nH]1. The molecule has 3 rings (SSSR count). The van der Waals surface area contributed by atoms with Crippen molar-refractivity contribution in [3.8, 4) is 17.1 Å². The Kier molecular flexibility index (Phi) is 3.79. The van der Waals surface area contributed by atoms with Crippen LogP contribution in [0.5, 0.6) is 5.75 Å². The van der Waals surface area contributed by atoms with Gasteiger partial charge in [0.1, 0.15) is 5.75 Å². The average molecular weight is 287 g/mol. The van der Waals surface area contributed by atoms with E-state index in [1.807, 2.05) is 24.3 Å². The van der Waals surface area contributed by atoms with Crippen LogP contribution in [0.4, 0.5) is 5.95 Å². The second kappa shape index (κ2) is 5.73. The Bertz CT molecular complexity index is 612. The topological polar surface area (TPSA) is 80.1 Å². The minimum absolute atomic E-state index is 0.173. The van der Waals surface area contributed by atoms with E-state index in [0.29, 0.717) is 11.8 Å². The first kappa shape index (κ1) is 13.9. The van der Waals surface area contributed by atoms with Crippen LogP contribution in [0.1, 0.15) is 19.8 Å². The molecule has 0 radical (unpaired) electrons. The van der Waals surface area contributed by atoms with Gasteiger partial charge in [0.25, 0.3) is 0 Å². The minimum atomic E-state index is 0.173. The number of nitrogens with two attached hydrogens (primary N) is 1. The number of benzene rings is 1. The van der Waals surface area contributed by atoms with Crippen molar-refractivity contribution in [3.05, 3.63) is 24.3 Å². The molecule has 112 valence electrons. The maximum absolute atomic E-state index is 6.14. The fourth-order valence-corrected chi connectivity index (χ4v) is 2.80. The van der Waals surface area contributed by atoms with E-state index in [1.54, 1.807) is 7.11 Å². The lowest BCUT2D eigenvalue weighted by Gasteiger charge is -2.36. The smallest absolute Gasteiger partial charge is 0.245 e. The van der Waals surface area contributed by atoms with Crippen LogP contribution in [0.25, 0.3) is 11.4 Å². The van der Waals surface area contributed by atoms with Crippen LogP contribution in [-0.2, 0) is 0 Å². The lowest BCUT2D eigenvalue weighted by molar-refractivity contribution is 0.415.